The van der Waals surface area contributed by atoms with Crippen molar-refractivity contribution in [1.82, 2.24) is 4.90 Å². The maximum absolute atomic E-state index is 13.1. The summed E-state index contributed by atoms with van der Waals surface area (Å²) in [6.45, 7) is 8.35. The van der Waals surface area contributed by atoms with E-state index in [1.165, 1.54) is 0 Å². The van der Waals surface area contributed by atoms with Crippen LogP contribution in [0.25, 0.3) is 21.9 Å². The van der Waals surface area contributed by atoms with Crippen molar-refractivity contribution in [2.75, 3.05) is 30.8 Å². The molecule has 0 aromatic heterocycles. The van der Waals surface area contributed by atoms with Crippen LogP contribution in [0.3, 0.4) is 0 Å². The van der Waals surface area contributed by atoms with Crippen molar-refractivity contribution >= 4 is 28.2 Å². The first-order valence-corrected chi connectivity index (χ1v) is 14.1. The molecule has 0 radical (unpaired) electrons. The van der Waals surface area contributed by atoms with Gasteiger partial charge in [-0.2, -0.15) is 10.5 Å². The number of hydrogen-bond acceptors (Lipinski definition) is 5. The molecule has 0 heterocycles. The lowest BCUT2D eigenvalue weighted by Crippen LogP contribution is -2.25. The van der Waals surface area contributed by atoms with E-state index in [-0.39, 0.29) is 11.4 Å². The maximum atomic E-state index is 13.1. The smallest absolute Gasteiger partial charge is 0.323 e. The Bertz CT molecular complexity index is 1610. The van der Waals surface area contributed by atoms with Crippen LogP contribution >= 0.6 is 0 Å². The van der Waals surface area contributed by atoms with Gasteiger partial charge in [0, 0.05) is 37.9 Å². The molecule has 0 aliphatic rings. The number of nitriles is 2. The van der Waals surface area contributed by atoms with E-state index in [1.54, 1.807) is 7.11 Å². The Kier molecular flexibility index (Phi) is 9.81. The van der Waals surface area contributed by atoms with Crippen molar-refractivity contribution in [2.24, 2.45) is 0 Å². The van der Waals surface area contributed by atoms with E-state index >= 15 is 0 Å². The first-order valence-electron chi connectivity index (χ1n) is 14.1. The molecule has 0 bridgehead atoms. The Balaban J connectivity index is 1.55. The minimum Gasteiger partial charge on any atom is -0.495 e. The van der Waals surface area contributed by atoms with Gasteiger partial charge in [0.1, 0.15) is 5.75 Å². The Morgan fingerprint density at radius 2 is 1.48 bits per heavy atom. The molecular formula is C35H37N5O2. The first kappa shape index (κ1) is 30.1. The summed E-state index contributed by atoms with van der Waals surface area (Å²) >= 11 is 0. The number of ether oxygens (including phenoxy) is 1. The number of nitrogens with one attached hydrogen (secondary N) is 2. The van der Waals surface area contributed by atoms with Crippen LogP contribution in [0.5, 0.6) is 5.75 Å². The van der Waals surface area contributed by atoms with Crippen LogP contribution in [0.1, 0.15) is 44.7 Å². The van der Waals surface area contributed by atoms with Gasteiger partial charge in [0.05, 0.1) is 30.6 Å². The number of rotatable bonds is 10. The molecule has 0 fully saturated rings. The third-order valence-corrected chi connectivity index (χ3v) is 7.24. The summed E-state index contributed by atoms with van der Waals surface area (Å²) in [5.74, 6) is 0.597. The number of amides is 2. The van der Waals surface area contributed by atoms with Crippen molar-refractivity contribution in [2.45, 2.75) is 45.6 Å². The van der Waals surface area contributed by atoms with Crippen LogP contribution in [0.4, 0.5) is 16.2 Å². The van der Waals surface area contributed by atoms with E-state index in [9.17, 15) is 4.79 Å². The van der Waals surface area contributed by atoms with Crippen molar-refractivity contribution in [3.8, 4) is 29.0 Å². The summed E-state index contributed by atoms with van der Waals surface area (Å²) in [5.41, 5.74) is 5.60. The fourth-order valence-corrected chi connectivity index (χ4v) is 4.94. The average Bonchev–Trinajstić information content (AvgIpc) is 2.98. The van der Waals surface area contributed by atoms with E-state index in [0.717, 1.165) is 33.0 Å². The summed E-state index contributed by atoms with van der Waals surface area (Å²) in [6, 6.07) is 30.2. The van der Waals surface area contributed by atoms with E-state index in [2.05, 4.69) is 78.8 Å². The highest BCUT2D eigenvalue weighted by molar-refractivity contribution is 6.10. The zero-order valence-corrected chi connectivity index (χ0v) is 24.7. The molecule has 4 rings (SSSR count). The highest BCUT2D eigenvalue weighted by Gasteiger charge is 2.18. The maximum Gasteiger partial charge on any atom is 0.323 e. The van der Waals surface area contributed by atoms with E-state index < -0.39 is 0 Å². The number of benzene rings is 4. The number of carbonyl (C=O) groups excluding carboxylic acids is 1. The van der Waals surface area contributed by atoms with E-state index in [1.807, 2.05) is 48.5 Å². The molecule has 0 aliphatic heterocycles. The summed E-state index contributed by atoms with van der Waals surface area (Å²) in [6.07, 6.45) is 0.871. The van der Waals surface area contributed by atoms with Gasteiger partial charge in [-0.15, -0.1) is 0 Å². The van der Waals surface area contributed by atoms with Gasteiger partial charge in [0.25, 0.3) is 0 Å². The minimum absolute atomic E-state index is 0.0718. The predicted molar refractivity (Wildman–Crippen MR) is 169 cm³/mol. The fourth-order valence-electron chi connectivity index (χ4n) is 4.94. The third kappa shape index (κ3) is 7.46. The number of fused-ring (bicyclic) bond motifs is 1. The molecule has 0 saturated carbocycles. The predicted octanol–water partition coefficient (Wildman–Crippen LogP) is 8.09. The quantitative estimate of drug-likeness (QED) is 0.204. The standard InChI is InChI=1S/C35H37N5O2/c1-35(2,3)27-15-18-33(42-4)32(23-27)39-34(41)38-31-17-16-28(29-9-5-6-10-30(29)31)26-13-11-25(12-14-26)24-40(21-7-19-36)22-8-20-37/h5-6,9-18,23H,7-8,21-22,24H2,1-4H3,(H2,38,39,41). The number of methoxy groups -OCH3 is 1. The van der Waals surface area contributed by atoms with Crippen molar-refractivity contribution in [3.63, 3.8) is 0 Å². The van der Waals surface area contributed by atoms with Gasteiger partial charge in [0.2, 0.25) is 0 Å². The molecule has 42 heavy (non-hydrogen) atoms. The van der Waals surface area contributed by atoms with Crippen LogP contribution in [-0.4, -0.2) is 31.1 Å². The first-order chi connectivity index (χ1) is 20.2. The van der Waals surface area contributed by atoms with Crippen LogP contribution in [-0.2, 0) is 12.0 Å². The zero-order chi connectivity index (χ0) is 30.1. The number of hydrogen-bond donors (Lipinski definition) is 2. The molecule has 2 amide bonds. The molecule has 0 atom stereocenters. The van der Waals surface area contributed by atoms with Crippen LogP contribution in [0.2, 0.25) is 0 Å². The SMILES string of the molecule is COc1ccc(C(C)(C)C)cc1NC(=O)Nc1ccc(-c2ccc(CN(CCC#N)CCC#N)cc2)c2ccccc12. The van der Waals surface area contributed by atoms with Gasteiger partial charge in [-0.05, 0) is 51.3 Å². The Morgan fingerprint density at radius 1 is 0.833 bits per heavy atom. The second-order valence-corrected chi connectivity index (χ2v) is 11.2. The molecule has 0 aliphatic carbocycles. The molecule has 0 spiro atoms. The summed E-state index contributed by atoms with van der Waals surface area (Å²) < 4.78 is 5.49. The highest BCUT2D eigenvalue weighted by atomic mass is 16.5. The highest BCUT2D eigenvalue weighted by Crippen LogP contribution is 2.35. The molecular weight excluding hydrogens is 522 g/mol. The fraction of sp³-hybridized carbons (Fsp3) is 0.286. The molecule has 0 saturated heterocycles. The Morgan fingerprint density at radius 3 is 2.10 bits per heavy atom. The van der Waals surface area contributed by atoms with Gasteiger partial charge < -0.3 is 15.4 Å². The van der Waals surface area contributed by atoms with Crippen LogP contribution in [0, 0.1) is 22.7 Å². The van der Waals surface area contributed by atoms with Gasteiger partial charge in [-0.25, -0.2) is 4.79 Å². The molecule has 4 aromatic carbocycles. The lowest BCUT2D eigenvalue weighted by atomic mass is 9.87. The van der Waals surface area contributed by atoms with Crippen molar-refractivity contribution in [1.29, 1.82) is 10.5 Å². The Hall–Kier alpha value is -4.85. The minimum atomic E-state index is -0.348. The molecule has 7 heteroatoms. The normalized spacial score (nSPS) is 11.1. The number of anilines is 2. The van der Waals surface area contributed by atoms with Crippen LogP contribution < -0.4 is 15.4 Å². The molecule has 7 nitrogen and oxygen atoms in total. The number of urea groups is 1. The Labute approximate surface area is 248 Å². The van der Waals surface area contributed by atoms with Gasteiger partial charge in [0.15, 0.2) is 0 Å². The molecule has 2 N–H and O–H groups in total. The van der Waals surface area contributed by atoms with Gasteiger partial charge in [-0.1, -0.05) is 81.4 Å². The molecule has 4 aromatic rings. The van der Waals surface area contributed by atoms with Crippen molar-refractivity contribution < 1.29 is 9.53 Å². The largest absolute Gasteiger partial charge is 0.495 e. The monoisotopic (exact) mass is 559 g/mol. The lowest BCUT2D eigenvalue weighted by Gasteiger charge is -2.21. The summed E-state index contributed by atoms with van der Waals surface area (Å²) in [5, 5.41) is 25.9. The van der Waals surface area contributed by atoms with E-state index in [0.29, 0.717) is 49.6 Å². The lowest BCUT2D eigenvalue weighted by molar-refractivity contribution is 0.262. The topological polar surface area (TPSA) is 101 Å². The average molecular weight is 560 g/mol. The third-order valence-electron chi connectivity index (χ3n) is 7.24. The number of carbonyl (C=O) groups is 1. The van der Waals surface area contributed by atoms with Crippen LogP contribution in [0.15, 0.2) is 78.9 Å². The zero-order valence-electron chi connectivity index (χ0n) is 24.7. The second kappa shape index (κ2) is 13.7. The molecule has 214 valence electrons. The molecule has 0 unspecified atom stereocenters. The second-order valence-electron chi connectivity index (χ2n) is 11.2. The van der Waals surface area contributed by atoms with Crippen molar-refractivity contribution in [3.05, 3.63) is 90.0 Å². The number of nitrogens with zero attached hydrogens (tertiary/aromatic N) is 3. The van der Waals surface area contributed by atoms with Gasteiger partial charge >= 0.3 is 6.03 Å². The summed E-state index contributed by atoms with van der Waals surface area (Å²) in [4.78, 5) is 15.3. The van der Waals surface area contributed by atoms with Gasteiger partial charge in [-0.3, -0.25) is 4.90 Å². The van der Waals surface area contributed by atoms with E-state index in [4.69, 9.17) is 15.3 Å². The summed E-state index contributed by atoms with van der Waals surface area (Å²) in [7, 11) is 1.59.